The number of nitrogens with one attached hydrogen (secondary N) is 2. The molecule has 0 unspecified atom stereocenters. The molecule has 146 valence electrons. The van der Waals surface area contributed by atoms with E-state index >= 15 is 0 Å². The number of hydrogen-bond acceptors (Lipinski definition) is 4. The summed E-state index contributed by atoms with van der Waals surface area (Å²) in [5, 5.41) is 7.01. The van der Waals surface area contributed by atoms with Gasteiger partial charge in [0, 0.05) is 29.4 Å². The fourth-order valence-electron chi connectivity index (χ4n) is 2.69. The summed E-state index contributed by atoms with van der Waals surface area (Å²) in [7, 11) is 0. The Morgan fingerprint density at radius 2 is 1.93 bits per heavy atom. The molecule has 2 amide bonds. The third kappa shape index (κ3) is 4.71. The summed E-state index contributed by atoms with van der Waals surface area (Å²) in [5.41, 5.74) is 8.03. The van der Waals surface area contributed by atoms with Crippen LogP contribution in [-0.2, 0) is 0 Å². The van der Waals surface area contributed by atoms with Gasteiger partial charge < -0.3 is 21.1 Å². The standard InChI is InChI=1S/C21H23ClN4O2/c1-13-10-18(15-6-4-5-7-17(15)24-13)26-20(27)25-14-8-9-16(22)19(11-14)28-21(2,3)12-23/h4-11H,12,23H2,1-3H3,(H2,24,25,26,27). The molecule has 3 rings (SSSR count). The Kier molecular flexibility index (Phi) is 5.72. The molecule has 3 aromatic rings. The van der Waals surface area contributed by atoms with E-state index in [9.17, 15) is 4.79 Å². The van der Waals surface area contributed by atoms with Gasteiger partial charge in [-0.1, -0.05) is 29.8 Å². The number of carbonyl (C=O) groups is 1. The maximum absolute atomic E-state index is 12.5. The van der Waals surface area contributed by atoms with Crippen LogP contribution in [0.5, 0.6) is 5.75 Å². The Morgan fingerprint density at radius 3 is 2.68 bits per heavy atom. The highest BCUT2D eigenvalue weighted by molar-refractivity contribution is 6.32. The molecule has 7 heteroatoms. The maximum atomic E-state index is 12.5. The van der Waals surface area contributed by atoms with Crippen LogP contribution in [0.1, 0.15) is 19.5 Å². The number of carbonyl (C=O) groups excluding carboxylic acids is 1. The minimum Gasteiger partial charge on any atom is -0.485 e. The molecular weight excluding hydrogens is 376 g/mol. The van der Waals surface area contributed by atoms with E-state index in [1.165, 1.54) is 0 Å². The number of nitrogens with two attached hydrogens (primary N) is 1. The highest BCUT2D eigenvalue weighted by atomic mass is 35.5. The van der Waals surface area contributed by atoms with Crippen molar-refractivity contribution in [3.63, 3.8) is 0 Å². The molecule has 0 aliphatic rings. The van der Waals surface area contributed by atoms with Crippen LogP contribution in [0.25, 0.3) is 10.9 Å². The zero-order chi connectivity index (χ0) is 20.3. The van der Waals surface area contributed by atoms with Gasteiger partial charge in [-0.15, -0.1) is 0 Å². The largest absolute Gasteiger partial charge is 0.485 e. The van der Waals surface area contributed by atoms with E-state index in [0.717, 1.165) is 16.6 Å². The number of ether oxygens (including phenoxy) is 1. The molecule has 0 saturated heterocycles. The van der Waals surface area contributed by atoms with E-state index in [0.29, 0.717) is 28.7 Å². The number of nitrogens with zero attached hydrogens (tertiary/aromatic N) is 1. The Bertz CT molecular complexity index is 1020. The number of anilines is 2. The lowest BCUT2D eigenvalue weighted by Gasteiger charge is -2.25. The number of aromatic nitrogens is 1. The maximum Gasteiger partial charge on any atom is 0.323 e. The first-order valence-corrected chi connectivity index (χ1v) is 9.28. The van der Waals surface area contributed by atoms with Crippen LogP contribution < -0.4 is 21.1 Å². The minimum absolute atomic E-state index is 0.329. The molecule has 2 aromatic carbocycles. The van der Waals surface area contributed by atoms with Crippen molar-refractivity contribution in [3.05, 3.63) is 59.2 Å². The molecular formula is C21H23ClN4O2. The number of aryl methyl sites for hydroxylation is 1. The third-order valence-electron chi connectivity index (χ3n) is 4.16. The summed E-state index contributed by atoms with van der Waals surface area (Å²) in [6.07, 6.45) is 0. The molecule has 1 heterocycles. The van der Waals surface area contributed by atoms with Gasteiger partial charge in [-0.3, -0.25) is 4.98 Å². The van der Waals surface area contributed by atoms with Gasteiger partial charge in [-0.25, -0.2) is 4.79 Å². The van der Waals surface area contributed by atoms with Crippen molar-refractivity contribution in [1.82, 2.24) is 4.98 Å². The van der Waals surface area contributed by atoms with Crippen molar-refractivity contribution < 1.29 is 9.53 Å². The number of urea groups is 1. The van der Waals surface area contributed by atoms with Crippen molar-refractivity contribution in [2.45, 2.75) is 26.4 Å². The normalized spacial score (nSPS) is 11.3. The molecule has 0 radical (unpaired) electrons. The quantitative estimate of drug-likeness (QED) is 0.566. The van der Waals surface area contributed by atoms with Crippen molar-refractivity contribution in [3.8, 4) is 5.75 Å². The van der Waals surface area contributed by atoms with Crippen LogP contribution in [0.2, 0.25) is 5.02 Å². The van der Waals surface area contributed by atoms with Gasteiger partial charge in [-0.2, -0.15) is 0 Å². The highest BCUT2D eigenvalue weighted by Crippen LogP contribution is 2.31. The molecule has 0 saturated carbocycles. The molecule has 0 fully saturated rings. The smallest absolute Gasteiger partial charge is 0.323 e. The van der Waals surface area contributed by atoms with Crippen molar-refractivity contribution in [2.75, 3.05) is 17.2 Å². The van der Waals surface area contributed by atoms with Crippen LogP contribution in [0.15, 0.2) is 48.5 Å². The molecule has 0 aliphatic carbocycles. The van der Waals surface area contributed by atoms with Gasteiger partial charge in [0.25, 0.3) is 0 Å². The van der Waals surface area contributed by atoms with Gasteiger partial charge in [0.15, 0.2) is 0 Å². The lowest BCUT2D eigenvalue weighted by Crippen LogP contribution is -2.37. The lowest BCUT2D eigenvalue weighted by molar-refractivity contribution is 0.119. The second kappa shape index (κ2) is 8.04. The number of pyridine rings is 1. The second-order valence-electron chi connectivity index (χ2n) is 7.12. The van der Waals surface area contributed by atoms with Gasteiger partial charge in [0.05, 0.1) is 16.2 Å². The summed E-state index contributed by atoms with van der Waals surface area (Å²) >= 11 is 6.21. The van der Waals surface area contributed by atoms with Crippen molar-refractivity contribution in [1.29, 1.82) is 0 Å². The molecule has 0 bridgehead atoms. The molecule has 0 aliphatic heterocycles. The Labute approximate surface area is 169 Å². The summed E-state index contributed by atoms with van der Waals surface area (Å²) in [6, 6.07) is 14.2. The minimum atomic E-state index is -0.571. The number of fused-ring (bicyclic) bond motifs is 1. The van der Waals surface area contributed by atoms with E-state index < -0.39 is 5.60 Å². The predicted octanol–water partition coefficient (Wildman–Crippen LogP) is 4.96. The molecule has 6 nitrogen and oxygen atoms in total. The van der Waals surface area contributed by atoms with Gasteiger partial charge >= 0.3 is 6.03 Å². The van der Waals surface area contributed by atoms with Crippen molar-refractivity contribution >= 4 is 39.9 Å². The zero-order valence-electron chi connectivity index (χ0n) is 16.0. The van der Waals surface area contributed by atoms with Crippen LogP contribution in [-0.4, -0.2) is 23.2 Å². The number of para-hydroxylation sites is 1. The Balaban J connectivity index is 1.79. The number of hydrogen-bond donors (Lipinski definition) is 3. The Morgan fingerprint density at radius 1 is 1.18 bits per heavy atom. The zero-order valence-corrected chi connectivity index (χ0v) is 16.8. The topological polar surface area (TPSA) is 89.3 Å². The van der Waals surface area contributed by atoms with Crippen LogP contribution in [0, 0.1) is 6.92 Å². The molecule has 0 spiro atoms. The first kappa shape index (κ1) is 19.9. The van der Waals surface area contributed by atoms with Gasteiger partial charge in [0.1, 0.15) is 11.4 Å². The number of benzene rings is 2. The number of amides is 2. The third-order valence-corrected chi connectivity index (χ3v) is 4.47. The average molecular weight is 399 g/mol. The van der Waals surface area contributed by atoms with Crippen LogP contribution in [0.3, 0.4) is 0 Å². The fraction of sp³-hybridized carbons (Fsp3) is 0.238. The van der Waals surface area contributed by atoms with Crippen molar-refractivity contribution in [2.24, 2.45) is 5.73 Å². The SMILES string of the molecule is Cc1cc(NC(=O)Nc2ccc(Cl)c(OC(C)(C)CN)c2)c2ccccc2n1. The summed E-state index contributed by atoms with van der Waals surface area (Å²) < 4.78 is 5.86. The highest BCUT2D eigenvalue weighted by Gasteiger charge is 2.19. The summed E-state index contributed by atoms with van der Waals surface area (Å²) in [5.74, 6) is 0.458. The van der Waals surface area contributed by atoms with E-state index in [2.05, 4.69) is 15.6 Å². The van der Waals surface area contributed by atoms with E-state index in [1.807, 2.05) is 51.1 Å². The van der Waals surface area contributed by atoms with Gasteiger partial charge in [-0.05, 0) is 45.0 Å². The second-order valence-corrected chi connectivity index (χ2v) is 7.53. The monoisotopic (exact) mass is 398 g/mol. The van der Waals surface area contributed by atoms with E-state index in [-0.39, 0.29) is 6.03 Å². The van der Waals surface area contributed by atoms with Crippen LogP contribution >= 0.6 is 11.6 Å². The predicted molar refractivity (Wildman–Crippen MR) is 114 cm³/mol. The first-order valence-electron chi connectivity index (χ1n) is 8.90. The lowest BCUT2D eigenvalue weighted by atomic mass is 10.1. The molecule has 4 N–H and O–H groups in total. The average Bonchev–Trinajstić information content (AvgIpc) is 2.64. The van der Waals surface area contributed by atoms with Crippen LogP contribution in [0.4, 0.5) is 16.2 Å². The molecule has 1 aromatic heterocycles. The Hall–Kier alpha value is -2.83. The summed E-state index contributed by atoms with van der Waals surface area (Å²) in [6.45, 7) is 5.95. The number of halogens is 1. The first-order chi connectivity index (χ1) is 13.3. The molecule has 28 heavy (non-hydrogen) atoms. The number of rotatable bonds is 5. The van der Waals surface area contributed by atoms with Gasteiger partial charge in [0.2, 0.25) is 0 Å². The fourth-order valence-corrected chi connectivity index (χ4v) is 2.85. The summed E-state index contributed by atoms with van der Waals surface area (Å²) in [4.78, 5) is 17.0. The molecule has 0 atom stereocenters. The van der Waals surface area contributed by atoms with E-state index in [4.69, 9.17) is 22.1 Å². The van der Waals surface area contributed by atoms with E-state index in [1.54, 1.807) is 18.2 Å².